The Bertz CT molecular complexity index is 726. The van der Waals surface area contributed by atoms with Crippen molar-refractivity contribution in [1.29, 1.82) is 0 Å². The summed E-state index contributed by atoms with van der Waals surface area (Å²) in [6.45, 7) is 0.847. The monoisotopic (exact) mass is 310 g/mol. The van der Waals surface area contributed by atoms with Crippen LogP contribution in [0.15, 0.2) is 54.7 Å². The highest BCUT2D eigenvalue weighted by Gasteiger charge is 2.03. The predicted octanol–water partition coefficient (Wildman–Crippen LogP) is 2.45. The van der Waals surface area contributed by atoms with Crippen molar-refractivity contribution in [1.82, 2.24) is 15.2 Å². The molecule has 0 saturated carbocycles. The molecule has 0 fully saturated rings. The van der Waals surface area contributed by atoms with Crippen LogP contribution in [0.2, 0.25) is 0 Å². The third kappa shape index (κ3) is 4.08. The molecular formula is C17H18N4O2. The highest BCUT2D eigenvalue weighted by Crippen LogP contribution is 2.18. The highest BCUT2D eigenvalue weighted by molar-refractivity contribution is 5.59. The number of rotatable bonds is 7. The first-order valence-electron chi connectivity index (χ1n) is 7.38. The van der Waals surface area contributed by atoms with Gasteiger partial charge in [-0.2, -0.15) is 5.10 Å². The minimum Gasteiger partial charge on any atom is -0.475 e. The molecular weight excluding hydrogens is 292 g/mol. The van der Waals surface area contributed by atoms with Crippen LogP contribution in [0.3, 0.4) is 0 Å². The van der Waals surface area contributed by atoms with Crippen molar-refractivity contribution in [3.63, 3.8) is 0 Å². The van der Waals surface area contributed by atoms with Gasteiger partial charge in [-0.1, -0.05) is 30.3 Å². The summed E-state index contributed by atoms with van der Waals surface area (Å²) in [5.41, 5.74) is 3.89. The van der Waals surface area contributed by atoms with Crippen LogP contribution in [-0.2, 0) is 6.54 Å². The van der Waals surface area contributed by atoms with E-state index in [1.807, 2.05) is 42.5 Å². The average Bonchev–Trinajstić information content (AvgIpc) is 3.09. The number of anilines is 1. The molecule has 0 atom stereocenters. The summed E-state index contributed by atoms with van der Waals surface area (Å²) in [5.74, 6) is 0.498. The van der Waals surface area contributed by atoms with Crippen molar-refractivity contribution in [2.45, 2.75) is 6.54 Å². The number of pyridine rings is 1. The zero-order chi connectivity index (χ0) is 15.9. The van der Waals surface area contributed by atoms with Gasteiger partial charge in [0.1, 0.15) is 6.61 Å². The lowest BCUT2D eigenvalue weighted by Gasteiger charge is -2.06. The molecule has 118 valence electrons. The topological polar surface area (TPSA) is 83.1 Å². The molecule has 3 aromatic rings. The maximum atomic E-state index is 8.70. The van der Waals surface area contributed by atoms with Crippen molar-refractivity contribution in [3.8, 4) is 17.1 Å². The summed E-state index contributed by atoms with van der Waals surface area (Å²) in [4.78, 5) is 4.16. The number of nitrogens with zero attached hydrogens (tertiary/aromatic N) is 2. The van der Waals surface area contributed by atoms with E-state index >= 15 is 0 Å². The Hall–Kier alpha value is -2.86. The first kappa shape index (κ1) is 15.1. The van der Waals surface area contributed by atoms with Crippen LogP contribution < -0.4 is 10.1 Å². The smallest absolute Gasteiger partial charge is 0.213 e. The number of aromatic amines is 1. The van der Waals surface area contributed by atoms with E-state index in [1.165, 1.54) is 0 Å². The van der Waals surface area contributed by atoms with E-state index in [2.05, 4.69) is 20.5 Å². The fourth-order valence-electron chi connectivity index (χ4n) is 2.13. The van der Waals surface area contributed by atoms with Gasteiger partial charge in [0.2, 0.25) is 5.88 Å². The lowest BCUT2D eigenvalue weighted by atomic mass is 10.1. The lowest BCUT2D eigenvalue weighted by molar-refractivity contribution is 0.196. The molecule has 0 aliphatic carbocycles. The van der Waals surface area contributed by atoms with Crippen molar-refractivity contribution in [2.75, 3.05) is 18.5 Å². The number of aliphatic hydroxyl groups excluding tert-OH is 1. The van der Waals surface area contributed by atoms with Gasteiger partial charge in [0.25, 0.3) is 0 Å². The van der Waals surface area contributed by atoms with Crippen LogP contribution >= 0.6 is 0 Å². The van der Waals surface area contributed by atoms with Gasteiger partial charge in [0, 0.05) is 11.6 Å². The Labute approximate surface area is 134 Å². The molecule has 0 aliphatic rings. The molecule has 2 heterocycles. The molecule has 0 amide bonds. The Morgan fingerprint density at radius 3 is 2.74 bits per heavy atom. The van der Waals surface area contributed by atoms with Crippen molar-refractivity contribution >= 4 is 5.69 Å². The fourth-order valence-corrected chi connectivity index (χ4v) is 2.13. The normalized spacial score (nSPS) is 10.5. The summed E-state index contributed by atoms with van der Waals surface area (Å²) in [5, 5.41) is 19.3. The van der Waals surface area contributed by atoms with E-state index in [0.29, 0.717) is 12.4 Å². The van der Waals surface area contributed by atoms with E-state index in [0.717, 1.165) is 22.6 Å². The van der Waals surface area contributed by atoms with Crippen LogP contribution in [0.25, 0.3) is 11.3 Å². The molecule has 2 aromatic heterocycles. The van der Waals surface area contributed by atoms with Gasteiger partial charge in [0.15, 0.2) is 0 Å². The van der Waals surface area contributed by atoms with Gasteiger partial charge < -0.3 is 15.2 Å². The molecule has 0 unspecified atom stereocenters. The lowest BCUT2D eigenvalue weighted by Crippen LogP contribution is -2.04. The van der Waals surface area contributed by atoms with E-state index in [4.69, 9.17) is 9.84 Å². The Balaban J connectivity index is 1.57. The van der Waals surface area contributed by atoms with Crippen LogP contribution in [0.5, 0.6) is 5.88 Å². The Morgan fingerprint density at radius 1 is 1.13 bits per heavy atom. The summed E-state index contributed by atoms with van der Waals surface area (Å²) >= 11 is 0. The summed E-state index contributed by atoms with van der Waals surface area (Å²) in [6, 6.07) is 15.7. The number of H-pyrrole nitrogens is 1. The van der Waals surface area contributed by atoms with Crippen LogP contribution in [0.4, 0.5) is 5.69 Å². The number of ether oxygens (including phenoxy) is 1. The number of hydrogen-bond acceptors (Lipinski definition) is 5. The number of benzene rings is 1. The molecule has 0 saturated heterocycles. The second-order valence-corrected chi connectivity index (χ2v) is 4.96. The number of nitrogens with one attached hydrogen (secondary N) is 2. The summed E-state index contributed by atoms with van der Waals surface area (Å²) < 4.78 is 5.22. The van der Waals surface area contributed by atoms with Gasteiger partial charge in [-0.15, -0.1) is 0 Å². The van der Waals surface area contributed by atoms with Crippen LogP contribution in [-0.4, -0.2) is 33.5 Å². The van der Waals surface area contributed by atoms with E-state index in [1.54, 1.807) is 12.3 Å². The molecule has 0 spiro atoms. The van der Waals surface area contributed by atoms with E-state index < -0.39 is 0 Å². The van der Waals surface area contributed by atoms with Crippen LogP contribution in [0.1, 0.15) is 5.69 Å². The zero-order valence-electron chi connectivity index (χ0n) is 12.6. The largest absolute Gasteiger partial charge is 0.475 e. The van der Waals surface area contributed by atoms with Gasteiger partial charge in [0.05, 0.1) is 36.4 Å². The third-order valence-electron chi connectivity index (χ3n) is 3.26. The maximum absolute atomic E-state index is 8.70. The zero-order valence-corrected chi connectivity index (χ0v) is 12.6. The number of aromatic nitrogens is 3. The summed E-state index contributed by atoms with van der Waals surface area (Å²) in [6.07, 6.45) is 1.70. The van der Waals surface area contributed by atoms with Crippen molar-refractivity contribution in [2.24, 2.45) is 0 Å². The molecule has 0 aliphatic heterocycles. The molecule has 3 N–H and O–H groups in total. The fraction of sp³-hybridized carbons (Fsp3) is 0.176. The highest BCUT2D eigenvalue weighted by atomic mass is 16.5. The molecule has 1 aromatic carbocycles. The standard InChI is InChI=1S/C17H18N4O2/c22-8-9-23-17-7-6-14(11-19-17)18-12-15-10-16(21-20-15)13-4-2-1-3-5-13/h1-7,10-11,18,22H,8-9,12H2,(H,20,21). The minimum atomic E-state index is -0.0226. The van der Waals surface area contributed by atoms with Gasteiger partial charge in [-0.05, 0) is 12.1 Å². The predicted molar refractivity (Wildman–Crippen MR) is 88.2 cm³/mol. The average molecular weight is 310 g/mol. The first-order chi connectivity index (χ1) is 11.3. The number of aliphatic hydroxyl groups is 1. The first-order valence-corrected chi connectivity index (χ1v) is 7.38. The number of hydrogen-bond donors (Lipinski definition) is 3. The summed E-state index contributed by atoms with van der Waals surface area (Å²) in [7, 11) is 0. The van der Waals surface area contributed by atoms with E-state index in [9.17, 15) is 0 Å². The molecule has 0 radical (unpaired) electrons. The second kappa shape index (κ2) is 7.42. The second-order valence-electron chi connectivity index (χ2n) is 4.96. The van der Waals surface area contributed by atoms with Gasteiger partial charge in [-0.25, -0.2) is 4.98 Å². The molecule has 0 bridgehead atoms. The molecule has 6 nitrogen and oxygen atoms in total. The van der Waals surface area contributed by atoms with Crippen LogP contribution in [0, 0.1) is 0 Å². The van der Waals surface area contributed by atoms with Crippen molar-refractivity contribution in [3.05, 3.63) is 60.4 Å². The molecule has 6 heteroatoms. The van der Waals surface area contributed by atoms with Crippen molar-refractivity contribution < 1.29 is 9.84 Å². The minimum absolute atomic E-state index is 0.0226. The third-order valence-corrected chi connectivity index (χ3v) is 3.26. The van der Waals surface area contributed by atoms with Gasteiger partial charge in [-0.3, -0.25) is 5.10 Å². The van der Waals surface area contributed by atoms with E-state index in [-0.39, 0.29) is 13.2 Å². The van der Waals surface area contributed by atoms with Gasteiger partial charge >= 0.3 is 0 Å². The maximum Gasteiger partial charge on any atom is 0.213 e. The Kier molecular flexibility index (Phi) is 4.85. The molecule has 3 rings (SSSR count). The SMILES string of the molecule is OCCOc1ccc(NCc2cc(-c3ccccc3)n[nH]2)cn1. The quantitative estimate of drug-likeness (QED) is 0.624. The molecule has 23 heavy (non-hydrogen) atoms. The Morgan fingerprint density at radius 2 is 2.00 bits per heavy atom.